The number of aliphatic hydroxyl groups excluding tert-OH is 1. The fraction of sp³-hybridized carbons (Fsp3) is 0.529. The Balaban J connectivity index is 1.94. The van der Waals surface area contributed by atoms with Crippen LogP contribution in [-0.2, 0) is 10.0 Å². The summed E-state index contributed by atoms with van der Waals surface area (Å²) >= 11 is 0. The minimum atomic E-state index is -3.47. The number of rotatable bonds is 8. The molecule has 1 heterocycles. The van der Waals surface area contributed by atoms with Gasteiger partial charge in [0.05, 0.1) is 12.4 Å². The molecular weight excluding hydrogens is 333 g/mol. The van der Waals surface area contributed by atoms with E-state index in [1.165, 1.54) is 28.6 Å². The molecule has 0 aliphatic carbocycles. The third kappa shape index (κ3) is 4.78. The van der Waals surface area contributed by atoms with Crippen LogP contribution in [0.4, 0.5) is 4.39 Å². The molecule has 0 radical (unpaired) electrons. The number of halogens is 1. The molecule has 1 N–H and O–H groups in total. The molecule has 1 aromatic rings. The summed E-state index contributed by atoms with van der Waals surface area (Å²) in [6.45, 7) is 4.39. The molecule has 134 valence electrons. The fourth-order valence-electron chi connectivity index (χ4n) is 2.99. The number of benzene rings is 1. The Hall–Kier alpha value is -1.44. The fourth-order valence-corrected chi connectivity index (χ4v) is 4.42. The van der Waals surface area contributed by atoms with Crippen molar-refractivity contribution in [1.82, 2.24) is 4.31 Å². The van der Waals surface area contributed by atoms with Crippen LogP contribution in [-0.4, -0.2) is 49.9 Å². The molecule has 7 heteroatoms. The Morgan fingerprint density at radius 2 is 2.08 bits per heavy atom. The zero-order chi connectivity index (χ0) is 17.6. The third-order valence-electron chi connectivity index (χ3n) is 4.36. The van der Waals surface area contributed by atoms with Crippen molar-refractivity contribution in [2.45, 2.75) is 19.3 Å². The molecule has 1 aliphatic rings. The predicted molar refractivity (Wildman–Crippen MR) is 90.8 cm³/mol. The minimum Gasteiger partial charge on any atom is -0.492 e. The maximum Gasteiger partial charge on any atom is 0.217 e. The van der Waals surface area contributed by atoms with Crippen molar-refractivity contribution in [1.29, 1.82) is 0 Å². The van der Waals surface area contributed by atoms with Gasteiger partial charge in [-0.05, 0) is 43.5 Å². The lowest BCUT2D eigenvalue weighted by molar-refractivity contribution is 0.0668. The van der Waals surface area contributed by atoms with E-state index in [9.17, 15) is 17.9 Å². The van der Waals surface area contributed by atoms with E-state index in [1.807, 2.05) is 0 Å². The lowest BCUT2D eigenvalue weighted by atomic mass is 9.79. The average molecular weight is 357 g/mol. The van der Waals surface area contributed by atoms with Crippen molar-refractivity contribution in [3.63, 3.8) is 0 Å². The summed E-state index contributed by atoms with van der Waals surface area (Å²) in [7, 11) is -3.47. The second-order valence-electron chi connectivity index (χ2n) is 6.21. The summed E-state index contributed by atoms with van der Waals surface area (Å²) in [6.07, 6.45) is 3.81. The summed E-state index contributed by atoms with van der Waals surface area (Å²) in [5.74, 6) is -0.0903. The molecule has 1 aromatic carbocycles. The number of hydrogen-bond acceptors (Lipinski definition) is 4. The Kier molecular flexibility index (Phi) is 6.37. The van der Waals surface area contributed by atoms with E-state index in [2.05, 4.69) is 6.58 Å². The molecule has 5 nitrogen and oxygen atoms in total. The first-order valence-electron chi connectivity index (χ1n) is 7.99. The van der Waals surface area contributed by atoms with Gasteiger partial charge in [-0.1, -0.05) is 6.08 Å². The van der Waals surface area contributed by atoms with Crippen molar-refractivity contribution >= 4 is 10.0 Å². The topological polar surface area (TPSA) is 66.8 Å². The number of hydrogen-bond donors (Lipinski definition) is 1. The second kappa shape index (κ2) is 8.09. The molecule has 0 amide bonds. The summed E-state index contributed by atoms with van der Waals surface area (Å²) in [5, 5.41) is 9.68. The van der Waals surface area contributed by atoms with Gasteiger partial charge in [0.1, 0.15) is 18.2 Å². The Morgan fingerprint density at radius 3 is 2.71 bits per heavy atom. The molecule has 1 atom stereocenters. The molecule has 0 spiro atoms. The zero-order valence-corrected chi connectivity index (χ0v) is 14.5. The summed E-state index contributed by atoms with van der Waals surface area (Å²) in [4.78, 5) is 0. The van der Waals surface area contributed by atoms with Gasteiger partial charge in [-0.3, -0.25) is 0 Å². The highest BCUT2D eigenvalue weighted by molar-refractivity contribution is 7.89. The zero-order valence-electron chi connectivity index (χ0n) is 13.7. The maximum absolute atomic E-state index is 12.8. The molecule has 0 bridgehead atoms. The molecular formula is C17H24FNO4S. The molecule has 24 heavy (non-hydrogen) atoms. The molecule has 1 unspecified atom stereocenters. The van der Waals surface area contributed by atoms with Crippen LogP contribution in [0.15, 0.2) is 36.9 Å². The summed E-state index contributed by atoms with van der Waals surface area (Å²) in [6, 6.07) is 5.45. The number of sulfonamides is 1. The number of ether oxygens (including phenoxy) is 1. The van der Waals surface area contributed by atoms with Gasteiger partial charge in [0.15, 0.2) is 0 Å². The standard InChI is InChI=1S/C17H24FNO4S/c1-2-8-17(14-20)9-3-10-19(13-17)24(21,22)12-11-23-16-6-4-15(18)5-7-16/h2,4-7,20H,1,3,8-14H2. The van der Waals surface area contributed by atoms with Gasteiger partial charge < -0.3 is 9.84 Å². The monoisotopic (exact) mass is 357 g/mol. The van der Waals surface area contributed by atoms with Gasteiger partial charge in [0, 0.05) is 18.5 Å². The van der Waals surface area contributed by atoms with Gasteiger partial charge in [-0.15, -0.1) is 6.58 Å². The van der Waals surface area contributed by atoms with E-state index in [-0.39, 0.29) is 24.8 Å². The van der Waals surface area contributed by atoms with E-state index in [0.29, 0.717) is 31.7 Å². The SMILES string of the molecule is C=CCC1(CO)CCCN(S(=O)(=O)CCOc2ccc(F)cc2)C1. The molecule has 1 aliphatic heterocycles. The summed E-state index contributed by atoms with van der Waals surface area (Å²) in [5.41, 5.74) is -0.440. The molecule has 0 aromatic heterocycles. The van der Waals surface area contributed by atoms with Crippen LogP contribution < -0.4 is 4.74 Å². The van der Waals surface area contributed by atoms with E-state index >= 15 is 0 Å². The van der Waals surface area contributed by atoms with Crippen molar-refractivity contribution in [3.05, 3.63) is 42.7 Å². The highest BCUT2D eigenvalue weighted by Gasteiger charge is 2.38. The summed E-state index contributed by atoms with van der Waals surface area (Å²) < 4.78 is 44.7. The molecule has 2 rings (SSSR count). The minimum absolute atomic E-state index is 0.00194. The Morgan fingerprint density at radius 1 is 1.38 bits per heavy atom. The van der Waals surface area contributed by atoms with Crippen LogP contribution in [0.5, 0.6) is 5.75 Å². The quantitative estimate of drug-likeness (QED) is 0.724. The van der Waals surface area contributed by atoms with Gasteiger partial charge >= 0.3 is 0 Å². The van der Waals surface area contributed by atoms with Gasteiger partial charge in [-0.2, -0.15) is 0 Å². The normalized spacial score (nSPS) is 22.2. The first kappa shape index (κ1) is 18.9. The van der Waals surface area contributed by atoms with Gasteiger partial charge in [0.2, 0.25) is 10.0 Å². The van der Waals surface area contributed by atoms with E-state index in [4.69, 9.17) is 4.74 Å². The number of nitrogens with zero attached hydrogens (tertiary/aromatic N) is 1. The lowest BCUT2D eigenvalue weighted by Gasteiger charge is -2.40. The Labute approximate surface area is 142 Å². The van der Waals surface area contributed by atoms with Crippen LogP contribution in [0.25, 0.3) is 0 Å². The van der Waals surface area contributed by atoms with Crippen LogP contribution in [0.1, 0.15) is 19.3 Å². The largest absolute Gasteiger partial charge is 0.492 e. The number of allylic oxidation sites excluding steroid dienone is 1. The van der Waals surface area contributed by atoms with Crippen molar-refractivity contribution < 1.29 is 22.7 Å². The lowest BCUT2D eigenvalue weighted by Crippen LogP contribution is -2.48. The van der Waals surface area contributed by atoms with Gasteiger partial charge in [0.25, 0.3) is 0 Å². The molecule has 1 fully saturated rings. The highest BCUT2D eigenvalue weighted by Crippen LogP contribution is 2.34. The molecule has 1 saturated heterocycles. The predicted octanol–water partition coefficient (Wildman–Crippen LogP) is 2.18. The van der Waals surface area contributed by atoms with Crippen molar-refractivity contribution in [2.24, 2.45) is 5.41 Å². The van der Waals surface area contributed by atoms with Crippen LogP contribution >= 0.6 is 0 Å². The van der Waals surface area contributed by atoms with Crippen LogP contribution in [0, 0.1) is 11.2 Å². The third-order valence-corrected chi connectivity index (χ3v) is 6.14. The number of piperidine rings is 1. The Bertz CT molecular complexity index is 647. The van der Waals surface area contributed by atoms with E-state index < -0.39 is 15.4 Å². The van der Waals surface area contributed by atoms with Crippen LogP contribution in [0.2, 0.25) is 0 Å². The molecule has 0 saturated carbocycles. The average Bonchev–Trinajstić information content (AvgIpc) is 2.57. The van der Waals surface area contributed by atoms with E-state index in [1.54, 1.807) is 6.08 Å². The smallest absolute Gasteiger partial charge is 0.217 e. The first-order chi connectivity index (χ1) is 11.4. The highest BCUT2D eigenvalue weighted by atomic mass is 32.2. The number of aliphatic hydroxyl groups is 1. The maximum atomic E-state index is 12.8. The van der Waals surface area contributed by atoms with Gasteiger partial charge in [-0.25, -0.2) is 17.1 Å². The van der Waals surface area contributed by atoms with Crippen molar-refractivity contribution in [2.75, 3.05) is 32.1 Å². The second-order valence-corrected chi connectivity index (χ2v) is 8.29. The van der Waals surface area contributed by atoms with E-state index in [0.717, 1.165) is 6.42 Å². The van der Waals surface area contributed by atoms with Crippen molar-refractivity contribution in [3.8, 4) is 5.75 Å². The first-order valence-corrected chi connectivity index (χ1v) is 9.60. The van der Waals surface area contributed by atoms with Crippen LogP contribution in [0.3, 0.4) is 0 Å².